The van der Waals surface area contributed by atoms with Crippen LogP contribution in [0.15, 0.2) is 29.2 Å². The molecule has 4 heteroatoms. The second-order valence-electron chi connectivity index (χ2n) is 3.66. The molecule has 0 radical (unpaired) electrons. The summed E-state index contributed by atoms with van der Waals surface area (Å²) >= 11 is 7.45. The summed E-state index contributed by atoms with van der Waals surface area (Å²) in [6.07, 6.45) is 2.04. The molecule has 1 aromatic carbocycles. The molecule has 0 aliphatic rings. The Hall–Kier alpha value is -0.670. The second kappa shape index (κ2) is 6.16. The number of halogens is 1. The maximum atomic E-state index is 11.6. The first-order chi connectivity index (χ1) is 7.54. The molecule has 0 aromatic heterocycles. The highest BCUT2D eigenvalue weighted by molar-refractivity contribution is 7.98. The van der Waals surface area contributed by atoms with Gasteiger partial charge in [-0.2, -0.15) is 0 Å². The van der Waals surface area contributed by atoms with Gasteiger partial charge in [-0.05, 0) is 30.9 Å². The quantitative estimate of drug-likeness (QED) is 0.611. The molecule has 1 rings (SSSR count). The molecule has 0 heterocycles. The first-order valence-electron chi connectivity index (χ1n) is 5.06. The molecule has 0 spiro atoms. The number of benzene rings is 1. The van der Waals surface area contributed by atoms with Gasteiger partial charge in [0.1, 0.15) is 5.38 Å². The average Bonchev–Trinajstić information content (AvgIpc) is 2.28. The molecular formula is C12H16ClNOS. The summed E-state index contributed by atoms with van der Waals surface area (Å²) in [5.74, 6) is -0.0457. The SMILES string of the molecule is CSc1ccc(CN(C)C(=O)C(C)Cl)cc1. The molecule has 0 aliphatic heterocycles. The molecule has 1 amide bonds. The Labute approximate surface area is 106 Å². The molecule has 0 fully saturated rings. The van der Waals surface area contributed by atoms with Crippen LogP contribution in [0.4, 0.5) is 0 Å². The summed E-state index contributed by atoms with van der Waals surface area (Å²) in [6, 6.07) is 8.19. The summed E-state index contributed by atoms with van der Waals surface area (Å²) in [5.41, 5.74) is 1.12. The van der Waals surface area contributed by atoms with Crippen molar-refractivity contribution in [3.05, 3.63) is 29.8 Å². The first-order valence-corrected chi connectivity index (χ1v) is 6.72. The number of thioether (sulfide) groups is 1. The van der Waals surface area contributed by atoms with E-state index in [1.165, 1.54) is 4.90 Å². The number of carbonyl (C=O) groups excluding carboxylic acids is 1. The molecule has 0 bridgehead atoms. The monoisotopic (exact) mass is 257 g/mol. The average molecular weight is 258 g/mol. The number of amides is 1. The van der Waals surface area contributed by atoms with Gasteiger partial charge in [-0.15, -0.1) is 23.4 Å². The third-order valence-corrected chi connectivity index (χ3v) is 3.23. The third-order valence-electron chi connectivity index (χ3n) is 2.30. The van der Waals surface area contributed by atoms with Crippen LogP contribution in [0.3, 0.4) is 0 Å². The van der Waals surface area contributed by atoms with E-state index in [1.54, 1.807) is 30.6 Å². The van der Waals surface area contributed by atoms with Crippen molar-refractivity contribution in [3.63, 3.8) is 0 Å². The van der Waals surface area contributed by atoms with Gasteiger partial charge in [-0.1, -0.05) is 12.1 Å². The first kappa shape index (κ1) is 13.4. The van der Waals surface area contributed by atoms with Crippen molar-refractivity contribution in [1.29, 1.82) is 0 Å². The van der Waals surface area contributed by atoms with Crippen LogP contribution >= 0.6 is 23.4 Å². The number of hydrogen-bond donors (Lipinski definition) is 0. The van der Waals surface area contributed by atoms with Gasteiger partial charge in [0, 0.05) is 18.5 Å². The minimum absolute atomic E-state index is 0.0457. The van der Waals surface area contributed by atoms with Gasteiger partial charge in [0.05, 0.1) is 0 Å². The van der Waals surface area contributed by atoms with Crippen molar-refractivity contribution < 1.29 is 4.79 Å². The van der Waals surface area contributed by atoms with Crippen LogP contribution in [0.25, 0.3) is 0 Å². The predicted molar refractivity (Wildman–Crippen MR) is 70.0 cm³/mol. The van der Waals surface area contributed by atoms with E-state index in [0.717, 1.165) is 5.56 Å². The van der Waals surface area contributed by atoms with Crippen molar-refractivity contribution in [2.45, 2.75) is 23.7 Å². The van der Waals surface area contributed by atoms with Crippen LogP contribution in [0.2, 0.25) is 0 Å². The Morgan fingerprint density at radius 1 is 1.44 bits per heavy atom. The van der Waals surface area contributed by atoms with Gasteiger partial charge >= 0.3 is 0 Å². The highest BCUT2D eigenvalue weighted by Crippen LogP contribution is 2.16. The Morgan fingerprint density at radius 2 is 2.00 bits per heavy atom. The maximum absolute atomic E-state index is 11.6. The van der Waals surface area contributed by atoms with E-state index in [-0.39, 0.29) is 5.91 Å². The van der Waals surface area contributed by atoms with Gasteiger partial charge in [-0.25, -0.2) is 0 Å². The van der Waals surface area contributed by atoms with Crippen LogP contribution < -0.4 is 0 Å². The van der Waals surface area contributed by atoms with E-state index in [0.29, 0.717) is 6.54 Å². The summed E-state index contributed by atoms with van der Waals surface area (Å²) in [5, 5.41) is -0.463. The molecule has 2 nitrogen and oxygen atoms in total. The highest BCUT2D eigenvalue weighted by atomic mass is 35.5. The minimum atomic E-state index is -0.463. The Bertz CT molecular complexity index is 351. The molecule has 0 aliphatic carbocycles. The van der Waals surface area contributed by atoms with Crippen molar-refractivity contribution in [3.8, 4) is 0 Å². The molecule has 0 N–H and O–H groups in total. The molecule has 16 heavy (non-hydrogen) atoms. The lowest BCUT2D eigenvalue weighted by Crippen LogP contribution is -2.31. The lowest BCUT2D eigenvalue weighted by Gasteiger charge is -2.18. The zero-order valence-corrected chi connectivity index (χ0v) is 11.3. The van der Waals surface area contributed by atoms with Crippen molar-refractivity contribution in [2.75, 3.05) is 13.3 Å². The number of carbonyl (C=O) groups is 1. The summed E-state index contributed by atoms with van der Waals surface area (Å²) in [7, 11) is 1.77. The van der Waals surface area contributed by atoms with E-state index < -0.39 is 5.38 Å². The minimum Gasteiger partial charge on any atom is -0.340 e. The lowest BCUT2D eigenvalue weighted by molar-refractivity contribution is -0.129. The summed E-state index contributed by atoms with van der Waals surface area (Å²) in [4.78, 5) is 14.4. The van der Waals surface area contributed by atoms with Crippen LogP contribution in [-0.2, 0) is 11.3 Å². The van der Waals surface area contributed by atoms with Gasteiger partial charge in [0.2, 0.25) is 5.91 Å². The molecule has 88 valence electrons. The Kier molecular flexibility index (Phi) is 5.16. The zero-order chi connectivity index (χ0) is 12.1. The van der Waals surface area contributed by atoms with E-state index in [4.69, 9.17) is 11.6 Å². The molecular weight excluding hydrogens is 242 g/mol. The fourth-order valence-electron chi connectivity index (χ4n) is 1.39. The Morgan fingerprint density at radius 3 is 2.44 bits per heavy atom. The van der Waals surface area contributed by atoms with Crippen LogP contribution in [0.1, 0.15) is 12.5 Å². The smallest absolute Gasteiger partial charge is 0.240 e. The lowest BCUT2D eigenvalue weighted by atomic mass is 10.2. The zero-order valence-electron chi connectivity index (χ0n) is 9.74. The van der Waals surface area contributed by atoms with Crippen LogP contribution in [0, 0.1) is 0 Å². The molecule has 0 saturated carbocycles. The topological polar surface area (TPSA) is 20.3 Å². The molecule has 1 atom stereocenters. The summed E-state index contributed by atoms with van der Waals surface area (Å²) in [6.45, 7) is 2.29. The molecule has 1 unspecified atom stereocenters. The van der Waals surface area contributed by atoms with Crippen molar-refractivity contribution in [2.24, 2.45) is 0 Å². The number of rotatable bonds is 4. The predicted octanol–water partition coefficient (Wildman–Crippen LogP) is 2.99. The number of alkyl halides is 1. The van der Waals surface area contributed by atoms with Gasteiger partial charge in [0.25, 0.3) is 0 Å². The largest absolute Gasteiger partial charge is 0.340 e. The fraction of sp³-hybridized carbons (Fsp3) is 0.417. The van der Waals surface area contributed by atoms with Crippen LogP contribution in [0.5, 0.6) is 0 Å². The standard InChI is InChI=1S/C12H16ClNOS/c1-9(13)12(15)14(2)8-10-4-6-11(16-3)7-5-10/h4-7,9H,8H2,1-3H3. The fourth-order valence-corrected chi connectivity index (χ4v) is 1.96. The third kappa shape index (κ3) is 3.72. The summed E-state index contributed by atoms with van der Waals surface area (Å²) < 4.78 is 0. The van der Waals surface area contributed by atoms with Crippen LogP contribution in [-0.4, -0.2) is 29.5 Å². The maximum Gasteiger partial charge on any atom is 0.240 e. The Balaban J connectivity index is 2.62. The van der Waals surface area contributed by atoms with E-state index >= 15 is 0 Å². The number of hydrogen-bond acceptors (Lipinski definition) is 2. The van der Waals surface area contributed by atoms with Gasteiger partial charge < -0.3 is 4.90 Å². The normalized spacial score (nSPS) is 12.2. The van der Waals surface area contributed by atoms with Gasteiger partial charge in [0.15, 0.2) is 0 Å². The molecule has 0 saturated heterocycles. The van der Waals surface area contributed by atoms with E-state index in [2.05, 4.69) is 12.1 Å². The molecule has 1 aromatic rings. The van der Waals surface area contributed by atoms with Crippen molar-refractivity contribution >= 4 is 29.3 Å². The van der Waals surface area contributed by atoms with Gasteiger partial charge in [-0.3, -0.25) is 4.79 Å². The number of nitrogens with zero attached hydrogens (tertiary/aromatic N) is 1. The highest BCUT2D eigenvalue weighted by Gasteiger charge is 2.14. The van der Waals surface area contributed by atoms with Crippen molar-refractivity contribution in [1.82, 2.24) is 4.90 Å². The second-order valence-corrected chi connectivity index (χ2v) is 5.19. The van der Waals surface area contributed by atoms with E-state index in [9.17, 15) is 4.79 Å². The van der Waals surface area contributed by atoms with E-state index in [1.807, 2.05) is 18.4 Å².